The van der Waals surface area contributed by atoms with Crippen LogP contribution >= 0.6 is 0 Å². The highest BCUT2D eigenvalue weighted by Gasteiger charge is 2.31. The molecular formula is C24H24FN3O3. The lowest BCUT2D eigenvalue weighted by Crippen LogP contribution is -2.44. The van der Waals surface area contributed by atoms with Gasteiger partial charge >= 0.3 is 0 Å². The summed E-state index contributed by atoms with van der Waals surface area (Å²) in [5.41, 5.74) is 1.44. The molecule has 0 bridgehead atoms. The average Bonchev–Trinajstić information content (AvgIpc) is 3.27. The molecule has 6 nitrogen and oxygen atoms in total. The fraction of sp³-hybridized carbons (Fsp3) is 0.292. The van der Waals surface area contributed by atoms with E-state index < -0.39 is 0 Å². The number of piperidine rings is 1. The highest BCUT2D eigenvalue weighted by Crippen LogP contribution is 2.31. The van der Waals surface area contributed by atoms with Gasteiger partial charge in [-0.15, -0.1) is 0 Å². The number of likely N-dealkylation sites (tertiary alicyclic amines) is 1. The van der Waals surface area contributed by atoms with Crippen LogP contribution in [0.4, 0.5) is 4.39 Å². The van der Waals surface area contributed by atoms with Crippen LogP contribution in [0, 0.1) is 5.82 Å². The Kier molecular flexibility index (Phi) is 6.40. The van der Waals surface area contributed by atoms with Crippen LogP contribution in [-0.4, -0.2) is 34.8 Å². The molecule has 4 rings (SSSR count). The van der Waals surface area contributed by atoms with Crippen LogP contribution in [0.3, 0.4) is 0 Å². The van der Waals surface area contributed by atoms with Crippen molar-refractivity contribution in [3.63, 3.8) is 0 Å². The normalized spacial score (nSPS) is 16.2. The lowest BCUT2D eigenvalue weighted by atomic mass is 10.0. The van der Waals surface area contributed by atoms with Gasteiger partial charge in [-0.25, -0.2) is 9.37 Å². The van der Waals surface area contributed by atoms with E-state index in [2.05, 4.69) is 10.3 Å². The Morgan fingerprint density at radius 2 is 1.87 bits per heavy atom. The first-order valence-corrected chi connectivity index (χ1v) is 10.4. The fourth-order valence-corrected chi connectivity index (χ4v) is 3.80. The summed E-state index contributed by atoms with van der Waals surface area (Å²) in [4.78, 5) is 31.2. The van der Waals surface area contributed by atoms with Crippen LogP contribution in [0.25, 0.3) is 0 Å². The van der Waals surface area contributed by atoms with Gasteiger partial charge in [-0.3, -0.25) is 9.59 Å². The SMILES string of the molecule is O=C(NCC(=O)N1CCCCC1c1ncc(Cc2ccc(F)cc2)o1)c1ccccc1. The highest BCUT2D eigenvalue weighted by molar-refractivity contribution is 5.96. The molecule has 2 aromatic carbocycles. The van der Waals surface area contributed by atoms with Gasteiger partial charge < -0.3 is 14.6 Å². The van der Waals surface area contributed by atoms with Crippen molar-refractivity contribution in [1.29, 1.82) is 0 Å². The van der Waals surface area contributed by atoms with Gasteiger partial charge in [-0.05, 0) is 49.1 Å². The molecule has 31 heavy (non-hydrogen) atoms. The predicted molar refractivity (Wildman–Crippen MR) is 113 cm³/mol. The van der Waals surface area contributed by atoms with Gasteiger partial charge in [0, 0.05) is 18.5 Å². The molecule has 1 aliphatic heterocycles. The van der Waals surface area contributed by atoms with Crippen molar-refractivity contribution in [2.45, 2.75) is 31.7 Å². The van der Waals surface area contributed by atoms with Crippen molar-refractivity contribution in [2.24, 2.45) is 0 Å². The van der Waals surface area contributed by atoms with Gasteiger partial charge in [-0.2, -0.15) is 0 Å². The number of nitrogens with zero attached hydrogens (tertiary/aromatic N) is 2. The molecule has 0 saturated carbocycles. The van der Waals surface area contributed by atoms with Crippen LogP contribution in [-0.2, 0) is 11.2 Å². The molecule has 3 aromatic rings. The fourth-order valence-electron chi connectivity index (χ4n) is 3.80. The van der Waals surface area contributed by atoms with E-state index in [0.717, 1.165) is 24.8 Å². The standard InChI is InChI=1S/C24H24FN3O3/c25-19-11-9-17(10-12-19)14-20-15-27-24(31-20)21-8-4-5-13-28(21)22(29)16-26-23(30)18-6-2-1-3-7-18/h1-3,6-7,9-12,15,21H,4-5,8,13-14,16H2,(H,26,30). The number of nitrogens with one attached hydrogen (secondary N) is 1. The zero-order valence-electron chi connectivity index (χ0n) is 17.1. The minimum absolute atomic E-state index is 0.0760. The minimum atomic E-state index is -0.280. The molecule has 0 aliphatic carbocycles. The number of oxazole rings is 1. The number of aromatic nitrogens is 1. The maximum Gasteiger partial charge on any atom is 0.251 e. The largest absolute Gasteiger partial charge is 0.443 e. The molecule has 2 amide bonds. The third-order valence-corrected chi connectivity index (χ3v) is 5.41. The maximum atomic E-state index is 13.1. The van der Waals surface area contributed by atoms with Gasteiger partial charge in [0.2, 0.25) is 11.8 Å². The van der Waals surface area contributed by atoms with Crippen molar-refractivity contribution in [2.75, 3.05) is 13.1 Å². The Morgan fingerprint density at radius 1 is 1.10 bits per heavy atom. The summed E-state index contributed by atoms with van der Waals surface area (Å²) in [5, 5.41) is 2.70. The molecule has 7 heteroatoms. The Hall–Kier alpha value is -3.48. The van der Waals surface area contributed by atoms with Crippen molar-refractivity contribution in [3.8, 4) is 0 Å². The molecule has 1 N–H and O–H groups in total. The number of carbonyl (C=O) groups excluding carboxylic acids is 2. The van der Waals surface area contributed by atoms with Crippen molar-refractivity contribution in [1.82, 2.24) is 15.2 Å². The van der Waals surface area contributed by atoms with E-state index in [4.69, 9.17) is 4.42 Å². The molecule has 1 unspecified atom stereocenters. The first kappa shape index (κ1) is 20.8. The van der Waals surface area contributed by atoms with Crippen LogP contribution in [0.1, 0.15) is 52.9 Å². The smallest absolute Gasteiger partial charge is 0.251 e. The minimum Gasteiger partial charge on any atom is -0.443 e. The van der Waals surface area contributed by atoms with Gasteiger partial charge in [-0.1, -0.05) is 30.3 Å². The molecule has 160 valence electrons. The summed E-state index contributed by atoms with van der Waals surface area (Å²) < 4.78 is 19.0. The van der Waals surface area contributed by atoms with Crippen molar-refractivity contribution >= 4 is 11.8 Å². The third-order valence-electron chi connectivity index (χ3n) is 5.41. The lowest BCUT2D eigenvalue weighted by molar-refractivity contribution is -0.134. The second-order valence-electron chi connectivity index (χ2n) is 7.62. The van der Waals surface area contributed by atoms with E-state index in [9.17, 15) is 14.0 Å². The van der Waals surface area contributed by atoms with E-state index in [1.807, 2.05) is 6.07 Å². The summed E-state index contributed by atoms with van der Waals surface area (Å²) in [6, 6.07) is 14.8. The summed E-state index contributed by atoms with van der Waals surface area (Å²) in [7, 11) is 0. The zero-order chi connectivity index (χ0) is 21.6. The van der Waals surface area contributed by atoms with Gasteiger partial charge in [0.15, 0.2) is 0 Å². The highest BCUT2D eigenvalue weighted by atomic mass is 19.1. The molecule has 1 aliphatic rings. The Bertz CT molecular complexity index is 1030. The number of rotatable bonds is 6. The number of amides is 2. The molecule has 1 aromatic heterocycles. The molecule has 1 saturated heterocycles. The first-order chi connectivity index (χ1) is 15.1. The second-order valence-corrected chi connectivity index (χ2v) is 7.62. The third kappa shape index (κ3) is 5.17. The Morgan fingerprint density at radius 3 is 2.65 bits per heavy atom. The van der Waals surface area contributed by atoms with Crippen molar-refractivity contribution < 1.29 is 18.4 Å². The number of carbonyl (C=O) groups is 2. The summed E-state index contributed by atoms with van der Waals surface area (Å²) in [6.07, 6.45) is 4.79. The molecule has 2 heterocycles. The maximum absolute atomic E-state index is 13.1. The summed E-state index contributed by atoms with van der Waals surface area (Å²) in [5.74, 6) is 0.446. The van der Waals surface area contributed by atoms with E-state index >= 15 is 0 Å². The predicted octanol–water partition coefficient (Wildman–Crippen LogP) is 3.89. The topological polar surface area (TPSA) is 75.4 Å². The van der Waals surface area contributed by atoms with E-state index in [-0.39, 0.29) is 30.2 Å². The van der Waals surface area contributed by atoms with Gasteiger partial charge in [0.05, 0.1) is 12.7 Å². The van der Waals surface area contributed by atoms with Crippen LogP contribution < -0.4 is 5.32 Å². The number of halogens is 1. The number of benzene rings is 2. The molecule has 1 fully saturated rings. The molecular weight excluding hydrogens is 397 g/mol. The monoisotopic (exact) mass is 421 g/mol. The van der Waals surface area contributed by atoms with E-state index in [0.29, 0.717) is 30.2 Å². The quantitative estimate of drug-likeness (QED) is 0.655. The average molecular weight is 421 g/mol. The summed E-state index contributed by atoms with van der Waals surface area (Å²) in [6.45, 7) is 0.522. The molecule has 0 radical (unpaired) electrons. The van der Waals surface area contributed by atoms with Crippen molar-refractivity contribution in [3.05, 3.63) is 89.4 Å². The zero-order valence-corrected chi connectivity index (χ0v) is 17.1. The molecule has 0 spiro atoms. The van der Waals surface area contributed by atoms with Gasteiger partial charge in [0.1, 0.15) is 17.6 Å². The second kappa shape index (κ2) is 9.55. The first-order valence-electron chi connectivity index (χ1n) is 10.4. The van der Waals surface area contributed by atoms with E-state index in [1.54, 1.807) is 47.5 Å². The van der Waals surface area contributed by atoms with Crippen LogP contribution in [0.2, 0.25) is 0 Å². The number of hydrogen-bond donors (Lipinski definition) is 1. The summed E-state index contributed by atoms with van der Waals surface area (Å²) >= 11 is 0. The Labute approximate surface area is 180 Å². The van der Waals surface area contributed by atoms with Crippen LogP contribution in [0.5, 0.6) is 0 Å². The molecule has 1 atom stereocenters. The van der Waals surface area contributed by atoms with E-state index in [1.165, 1.54) is 12.1 Å². The number of hydrogen-bond acceptors (Lipinski definition) is 4. The van der Waals surface area contributed by atoms with Crippen LogP contribution in [0.15, 0.2) is 65.2 Å². The van der Waals surface area contributed by atoms with Gasteiger partial charge in [0.25, 0.3) is 5.91 Å². The lowest BCUT2D eigenvalue weighted by Gasteiger charge is -2.33. The Balaban J connectivity index is 1.40.